The Morgan fingerprint density at radius 2 is 1.90 bits per heavy atom. The predicted octanol–water partition coefficient (Wildman–Crippen LogP) is 2.07. The molecular weight excluding hydrogens is 262 g/mol. The van der Waals surface area contributed by atoms with Gasteiger partial charge in [0.1, 0.15) is 11.0 Å². The molecule has 0 aromatic heterocycles. The standard InChI is InChI=1S/C14H23NO5/c1-13(2,3)20-12(19)15-8-5-7-14(4,11(17)18)10(16)6-9-15/h5-9H2,1-4H3,(H,17,18). The zero-order valence-electron chi connectivity index (χ0n) is 12.6. The quantitative estimate of drug-likeness (QED) is 0.745. The smallest absolute Gasteiger partial charge is 0.410 e. The first-order valence-corrected chi connectivity index (χ1v) is 6.81. The van der Waals surface area contributed by atoms with E-state index in [0.717, 1.165) is 0 Å². The van der Waals surface area contributed by atoms with Crippen molar-refractivity contribution in [1.29, 1.82) is 0 Å². The van der Waals surface area contributed by atoms with Crippen LogP contribution in [0.1, 0.15) is 47.0 Å². The van der Waals surface area contributed by atoms with Crippen molar-refractivity contribution in [2.24, 2.45) is 5.41 Å². The van der Waals surface area contributed by atoms with Crippen LogP contribution in [0.15, 0.2) is 0 Å². The number of Topliss-reactive ketones (excluding diaryl/α,β-unsaturated/α-hetero) is 1. The number of rotatable bonds is 1. The Morgan fingerprint density at radius 1 is 1.30 bits per heavy atom. The first-order chi connectivity index (χ1) is 9.06. The average molecular weight is 285 g/mol. The van der Waals surface area contributed by atoms with E-state index in [-0.39, 0.29) is 25.2 Å². The third-order valence-corrected chi connectivity index (χ3v) is 3.45. The van der Waals surface area contributed by atoms with Crippen LogP contribution in [0.5, 0.6) is 0 Å². The van der Waals surface area contributed by atoms with Crippen LogP contribution in [-0.4, -0.2) is 46.5 Å². The fourth-order valence-electron chi connectivity index (χ4n) is 2.12. The summed E-state index contributed by atoms with van der Waals surface area (Å²) in [4.78, 5) is 36.7. The number of hydrogen-bond acceptors (Lipinski definition) is 4. The van der Waals surface area contributed by atoms with Crippen LogP contribution in [-0.2, 0) is 14.3 Å². The number of carboxylic acids is 1. The van der Waals surface area contributed by atoms with Gasteiger partial charge in [-0.3, -0.25) is 9.59 Å². The van der Waals surface area contributed by atoms with Crippen molar-refractivity contribution in [2.75, 3.05) is 13.1 Å². The molecule has 1 rings (SSSR count). The van der Waals surface area contributed by atoms with E-state index < -0.39 is 23.1 Å². The Bertz CT molecular complexity index is 412. The fourth-order valence-corrected chi connectivity index (χ4v) is 2.12. The van der Waals surface area contributed by atoms with Crippen LogP contribution in [0.4, 0.5) is 4.79 Å². The van der Waals surface area contributed by atoms with Crippen LogP contribution in [0.25, 0.3) is 0 Å². The van der Waals surface area contributed by atoms with Crippen molar-refractivity contribution in [3.8, 4) is 0 Å². The van der Waals surface area contributed by atoms with E-state index in [1.807, 2.05) is 0 Å². The molecule has 0 spiro atoms. The van der Waals surface area contributed by atoms with Gasteiger partial charge in [-0.25, -0.2) is 4.79 Å². The van der Waals surface area contributed by atoms with E-state index in [1.54, 1.807) is 20.8 Å². The summed E-state index contributed by atoms with van der Waals surface area (Å²) < 4.78 is 5.27. The van der Waals surface area contributed by atoms with Gasteiger partial charge < -0.3 is 14.7 Å². The first kappa shape index (κ1) is 16.5. The second kappa shape index (κ2) is 5.81. The highest BCUT2D eigenvalue weighted by Crippen LogP contribution is 2.29. The van der Waals surface area contributed by atoms with Crippen molar-refractivity contribution in [1.82, 2.24) is 4.90 Å². The Balaban J connectivity index is 2.71. The molecule has 1 aliphatic heterocycles. The number of likely N-dealkylation sites (tertiary alicyclic amines) is 1. The SMILES string of the molecule is CC(C)(C)OC(=O)N1CCCC(C)(C(=O)O)C(=O)CC1. The number of aliphatic carboxylic acids is 1. The normalized spacial score (nSPS) is 24.8. The van der Waals surface area contributed by atoms with Gasteiger partial charge in [-0.15, -0.1) is 0 Å². The lowest BCUT2D eigenvalue weighted by Crippen LogP contribution is -2.44. The molecule has 1 unspecified atom stereocenters. The maximum Gasteiger partial charge on any atom is 0.410 e. The summed E-state index contributed by atoms with van der Waals surface area (Å²) >= 11 is 0. The molecule has 1 fully saturated rings. The molecule has 1 amide bonds. The molecule has 0 aromatic carbocycles. The average Bonchev–Trinajstić information content (AvgIpc) is 2.27. The zero-order chi connectivity index (χ0) is 15.6. The van der Waals surface area contributed by atoms with Crippen molar-refractivity contribution in [3.63, 3.8) is 0 Å². The Hall–Kier alpha value is -1.59. The van der Waals surface area contributed by atoms with E-state index >= 15 is 0 Å². The van der Waals surface area contributed by atoms with Gasteiger partial charge in [0.2, 0.25) is 0 Å². The molecule has 0 aliphatic carbocycles. The Morgan fingerprint density at radius 3 is 2.40 bits per heavy atom. The number of ketones is 1. The number of amides is 1. The van der Waals surface area contributed by atoms with Crippen molar-refractivity contribution in [3.05, 3.63) is 0 Å². The van der Waals surface area contributed by atoms with Crippen LogP contribution in [0.2, 0.25) is 0 Å². The maximum absolute atomic E-state index is 12.0. The third kappa shape index (κ3) is 3.95. The third-order valence-electron chi connectivity index (χ3n) is 3.45. The predicted molar refractivity (Wildman–Crippen MR) is 72.4 cm³/mol. The second-order valence-corrected chi connectivity index (χ2v) is 6.38. The molecule has 1 N–H and O–H groups in total. The van der Waals surface area contributed by atoms with Crippen LogP contribution in [0.3, 0.4) is 0 Å². The summed E-state index contributed by atoms with van der Waals surface area (Å²) in [5.74, 6) is -1.42. The molecule has 0 saturated carbocycles. The molecule has 114 valence electrons. The molecular formula is C14H23NO5. The molecule has 6 heteroatoms. The number of carbonyl (C=O) groups is 3. The van der Waals surface area contributed by atoms with Gasteiger partial charge in [0, 0.05) is 19.5 Å². The molecule has 20 heavy (non-hydrogen) atoms. The second-order valence-electron chi connectivity index (χ2n) is 6.38. The lowest BCUT2D eigenvalue weighted by Gasteiger charge is -2.32. The van der Waals surface area contributed by atoms with Crippen molar-refractivity contribution in [2.45, 2.75) is 52.6 Å². The topological polar surface area (TPSA) is 83.9 Å². The van der Waals surface area contributed by atoms with Gasteiger partial charge in [-0.1, -0.05) is 0 Å². The van der Waals surface area contributed by atoms with E-state index in [2.05, 4.69) is 0 Å². The van der Waals surface area contributed by atoms with E-state index in [1.165, 1.54) is 11.8 Å². The highest BCUT2D eigenvalue weighted by molar-refractivity contribution is 6.02. The van der Waals surface area contributed by atoms with Gasteiger partial charge in [0.15, 0.2) is 5.78 Å². The van der Waals surface area contributed by atoms with Crippen molar-refractivity contribution >= 4 is 17.8 Å². The minimum absolute atomic E-state index is 0.0437. The molecule has 1 aliphatic rings. The maximum atomic E-state index is 12.0. The number of ether oxygens (including phenoxy) is 1. The largest absolute Gasteiger partial charge is 0.481 e. The Kier molecular flexibility index (Phi) is 4.78. The number of hydrogen-bond donors (Lipinski definition) is 1. The lowest BCUT2D eigenvalue weighted by molar-refractivity contribution is -0.154. The summed E-state index contributed by atoms with van der Waals surface area (Å²) in [6.07, 6.45) is 0.292. The summed E-state index contributed by atoms with van der Waals surface area (Å²) in [5.41, 5.74) is -1.92. The van der Waals surface area contributed by atoms with Gasteiger partial charge in [-0.05, 0) is 40.5 Å². The minimum atomic E-state index is -1.33. The molecule has 0 bridgehead atoms. The molecule has 1 saturated heterocycles. The number of carbonyl (C=O) groups excluding carboxylic acids is 2. The molecule has 1 atom stereocenters. The summed E-state index contributed by atoms with van der Waals surface area (Å²) in [7, 11) is 0. The van der Waals surface area contributed by atoms with Gasteiger partial charge in [0.25, 0.3) is 0 Å². The molecule has 0 radical (unpaired) electrons. The first-order valence-electron chi connectivity index (χ1n) is 6.81. The van der Waals surface area contributed by atoms with Crippen LogP contribution >= 0.6 is 0 Å². The van der Waals surface area contributed by atoms with E-state index in [0.29, 0.717) is 13.0 Å². The van der Waals surface area contributed by atoms with Gasteiger partial charge in [0.05, 0.1) is 0 Å². The minimum Gasteiger partial charge on any atom is -0.481 e. The summed E-state index contributed by atoms with van der Waals surface area (Å²) in [5, 5.41) is 9.19. The van der Waals surface area contributed by atoms with E-state index in [9.17, 15) is 19.5 Å². The highest BCUT2D eigenvalue weighted by Gasteiger charge is 2.41. The summed E-state index contributed by atoms with van der Waals surface area (Å²) in [6, 6.07) is 0. The highest BCUT2D eigenvalue weighted by atomic mass is 16.6. The van der Waals surface area contributed by atoms with Gasteiger partial charge >= 0.3 is 12.1 Å². The van der Waals surface area contributed by atoms with Crippen LogP contribution in [0, 0.1) is 5.41 Å². The monoisotopic (exact) mass is 285 g/mol. The van der Waals surface area contributed by atoms with Gasteiger partial charge in [-0.2, -0.15) is 0 Å². The Labute approximate surface area is 119 Å². The number of nitrogens with zero attached hydrogens (tertiary/aromatic N) is 1. The molecule has 1 heterocycles. The van der Waals surface area contributed by atoms with Crippen LogP contribution < -0.4 is 0 Å². The fraction of sp³-hybridized carbons (Fsp3) is 0.786. The lowest BCUT2D eigenvalue weighted by atomic mass is 9.79. The molecule has 0 aromatic rings. The van der Waals surface area contributed by atoms with Crippen molar-refractivity contribution < 1.29 is 24.2 Å². The molecule has 6 nitrogen and oxygen atoms in total. The zero-order valence-corrected chi connectivity index (χ0v) is 12.6. The number of carboxylic acid groups (broad SMARTS) is 1. The summed E-state index contributed by atoms with van der Waals surface area (Å²) in [6.45, 7) is 7.41. The van der Waals surface area contributed by atoms with E-state index in [4.69, 9.17) is 4.74 Å².